The fraction of sp³-hybridized carbons (Fsp3) is 0.353. The van der Waals surface area contributed by atoms with E-state index in [2.05, 4.69) is 15.3 Å². The van der Waals surface area contributed by atoms with Gasteiger partial charge in [0.2, 0.25) is 5.91 Å². The Kier molecular flexibility index (Phi) is 5.43. The fourth-order valence-corrected chi connectivity index (χ4v) is 2.26. The smallest absolute Gasteiger partial charge is 0.223 e. The van der Waals surface area contributed by atoms with Gasteiger partial charge in [-0.05, 0) is 42.7 Å². The van der Waals surface area contributed by atoms with Crippen molar-refractivity contribution < 1.29 is 4.79 Å². The maximum atomic E-state index is 12.0. The molecule has 0 aliphatic heterocycles. The van der Waals surface area contributed by atoms with Crippen LogP contribution in [0.4, 0.5) is 0 Å². The van der Waals surface area contributed by atoms with E-state index in [0.29, 0.717) is 6.54 Å². The van der Waals surface area contributed by atoms with E-state index in [1.54, 1.807) is 18.6 Å². The van der Waals surface area contributed by atoms with Gasteiger partial charge in [-0.1, -0.05) is 13.8 Å². The summed E-state index contributed by atoms with van der Waals surface area (Å²) in [4.78, 5) is 20.4. The van der Waals surface area contributed by atoms with Gasteiger partial charge in [0, 0.05) is 36.6 Å². The Labute approximate surface area is 125 Å². The molecule has 0 atom stereocenters. The highest BCUT2D eigenvalue weighted by Crippen LogP contribution is 2.16. The van der Waals surface area contributed by atoms with E-state index in [0.717, 1.165) is 29.7 Å². The van der Waals surface area contributed by atoms with Crippen molar-refractivity contribution in [3.63, 3.8) is 0 Å². The Morgan fingerprint density at radius 2 is 1.86 bits per heavy atom. The lowest BCUT2D eigenvalue weighted by Gasteiger charge is -2.13. The summed E-state index contributed by atoms with van der Waals surface area (Å²) in [6.45, 7) is 4.62. The predicted molar refractivity (Wildman–Crippen MR) is 83.4 cm³/mol. The molecule has 0 aromatic carbocycles. The Morgan fingerprint density at radius 1 is 1.14 bits per heavy atom. The largest absolute Gasteiger partial charge is 0.352 e. The monoisotopic (exact) mass is 283 g/mol. The molecule has 0 radical (unpaired) electrons. The molecule has 0 aliphatic rings. The molecule has 2 rings (SSSR count). The highest BCUT2D eigenvalue weighted by atomic mass is 16.1. The van der Waals surface area contributed by atoms with Crippen molar-refractivity contribution in [3.8, 4) is 11.3 Å². The summed E-state index contributed by atoms with van der Waals surface area (Å²) in [6, 6.07) is 7.78. The zero-order valence-electron chi connectivity index (χ0n) is 12.5. The molecule has 4 heteroatoms. The first-order chi connectivity index (χ1) is 10.2. The zero-order valence-corrected chi connectivity index (χ0v) is 12.5. The molecule has 0 spiro atoms. The number of aromatic nitrogens is 2. The van der Waals surface area contributed by atoms with Gasteiger partial charge in [-0.25, -0.2) is 0 Å². The quantitative estimate of drug-likeness (QED) is 0.885. The first-order valence-electron chi connectivity index (χ1n) is 7.37. The van der Waals surface area contributed by atoms with Gasteiger partial charge in [0.15, 0.2) is 0 Å². The van der Waals surface area contributed by atoms with Crippen LogP contribution in [0, 0.1) is 5.92 Å². The van der Waals surface area contributed by atoms with E-state index < -0.39 is 0 Å². The van der Waals surface area contributed by atoms with Gasteiger partial charge in [0.1, 0.15) is 0 Å². The van der Waals surface area contributed by atoms with E-state index in [9.17, 15) is 4.79 Å². The molecular formula is C17H21N3O. The molecule has 1 N–H and O–H groups in total. The topological polar surface area (TPSA) is 54.9 Å². The number of nitrogens with one attached hydrogen (secondary N) is 1. The normalized spacial score (nSPS) is 10.6. The van der Waals surface area contributed by atoms with E-state index in [-0.39, 0.29) is 11.8 Å². The molecule has 0 unspecified atom stereocenters. The van der Waals surface area contributed by atoms with Gasteiger partial charge in [0.25, 0.3) is 0 Å². The lowest BCUT2D eigenvalue weighted by Crippen LogP contribution is -2.29. The second-order valence-corrected chi connectivity index (χ2v) is 5.02. The molecule has 0 fully saturated rings. The lowest BCUT2D eigenvalue weighted by atomic mass is 10.0. The first kappa shape index (κ1) is 15.2. The summed E-state index contributed by atoms with van der Waals surface area (Å²) in [7, 11) is 0. The summed E-state index contributed by atoms with van der Waals surface area (Å²) < 4.78 is 0. The molecular weight excluding hydrogens is 262 g/mol. The number of carbonyl (C=O) groups excluding carboxylic acids is 1. The van der Waals surface area contributed by atoms with Crippen LogP contribution < -0.4 is 5.32 Å². The standard InChI is InChI=1S/C17H21N3O/c1-3-14(4-2)17(21)20-12-13-5-10-19-16(11-13)15-6-8-18-9-7-15/h5-11,14H,3-4,12H2,1-2H3,(H,20,21). The molecule has 0 aliphatic carbocycles. The molecule has 2 heterocycles. The van der Waals surface area contributed by atoms with Crippen LogP contribution in [0.3, 0.4) is 0 Å². The summed E-state index contributed by atoms with van der Waals surface area (Å²) >= 11 is 0. The van der Waals surface area contributed by atoms with Crippen LogP contribution in [0.25, 0.3) is 11.3 Å². The third kappa shape index (κ3) is 4.12. The van der Waals surface area contributed by atoms with E-state index in [1.807, 2.05) is 38.1 Å². The van der Waals surface area contributed by atoms with E-state index in [4.69, 9.17) is 0 Å². The zero-order chi connectivity index (χ0) is 15.1. The van der Waals surface area contributed by atoms with Crippen molar-refractivity contribution in [2.45, 2.75) is 33.2 Å². The van der Waals surface area contributed by atoms with Gasteiger partial charge in [-0.15, -0.1) is 0 Å². The highest BCUT2D eigenvalue weighted by molar-refractivity contribution is 5.78. The third-order valence-corrected chi connectivity index (χ3v) is 3.62. The average Bonchev–Trinajstić information content (AvgIpc) is 2.55. The number of hydrogen-bond acceptors (Lipinski definition) is 3. The summed E-state index contributed by atoms with van der Waals surface area (Å²) in [5, 5.41) is 3.00. The first-order valence-corrected chi connectivity index (χ1v) is 7.37. The van der Waals surface area contributed by atoms with Gasteiger partial charge < -0.3 is 5.32 Å². The minimum absolute atomic E-state index is 0.103. The van der Waals surface area contributed by atoms with Crippen LogP contribution in [-0.2, 0) is 11.3 Å². The maximum absolute atomic E-state index is 12.0. The van der Waals surface area contributed by atoms with Crippen LogP contribution in [0.1, 0.15) is 32.3 Å². The predicted octanol–water partition coefficient (Wildman–Crippen LogP) is 3.20. The molecule has 4 nitrogen and oxygen atoms in total. The van der Waals surface area contributed by atoms with Crippen molar-refractivity contribution in [3.05, 3.63) is 48.4 Å². The number of pyridine rings is 2. The minimum Gasteiger partial charge on any atom is -0.352 e. The SMILES string of the molecule is CCC(CC)C(=O)NCc1ccnc(-c2ccncc2)c1. The fourth-order valence-electron chi connectivity index (χ4n) is 2.26. The summed E-state index contributed by atoms with van der Waals surface area (Å²) in [6.07, 6.45) is 7.02. The molecule has 0 saturated heterocycles. The second kappa shape index (κ2) is 7.53. The van der Waals surface area contributed by atoms with E-state index >= 15 is 0 Å². The molecule has 110 valence electrons. The molecule has 21 heavy (non-hydrogen) atoms. The Balaban J connectivity index is 2.04. The van der Waals surface area contributed by atoms with Crippen LogP contribution in [0.15, 0.2) is 42.9 Å². The summed E-state index contributed by atoms with van der Waals surface area (Å²) in [5.74, 6) is 0.230. The molecule has 1 amide bonds. The van der Waals surface area contributed by atoms with Gasteiger partial charge in [-0.2, -0.15) is 0 Å². The highest BCUT2D eigenvalue weighted by Gasteiger charge is 2.13. The van der Waals surface area contributed by atoms with Gasteiger partial charge in [-0.3, -0.25) is 14.8 Å². The van der Waals surface area contributed by atoms with Crippen molar-refractivity contribution in [2.75, 3.05) is 0 Å². The molecule has 2 aromatic heterocycles. The van der Waals surface area contributed by atoms with Crippen molar-refractivity contribution in [1.29, 1.82) is 0 Å². The number of amides is 1. The Hall–Kier alpha value is -2.23. The van der Waals surface area contributed by atoms with Crippen LogP contribution in [0.2, 0.25) is 0 Å². The Bertz CT molecular complexity index is 580. The van der Waals surface area contributed by atoms with Crippen molar-refractivity contribution in [1.82, 2.24) is 15.3 Å². The Morgan fingerprint density at radius 3 is 2.52 bits per heavy atom. The average molecular weight is 283 g/mol. The number of carbonyl (C=O) groups is 1. The molecule has 0 bridgehead atoms. The third-order valence-electron chi connectivity index (χ3n) is 3.62. The number of rotatable bonds is 6. The van der Waals surface area contributed by atoms with Crippen molar-refractivity contribution in [2.24, 2.45) is 5.92 Å². The van der Waals surface area contributed by atoms with Crippen LogP contribution in [0.5, 0.6) is 0 Å². The van der Waals surface area contributed by atoms with Crippen LogP contribution >= 0.6 is 0 Å². The summed E-state index contributed by atoms with van der Waals surface area (Å²) in [5.41, 5.74) is 2.97. The van der Waals surface area contributed by atoms with Crippen LogP contribution in [-0.4, -0.2) is 15.9 Å². The van der Waals surface area contributed by atoms with Crippen molar-refractivity contribution >= 4 is 5.91 Å². The lowest BCUT2D eigenvalue weighted by molar-refractivity contribution is -0.125. The minimum atomic E-state index is 0.103. The number of nitrogens with zero attached hydrogens (tertiary/aromatic N) is 2. The van der Waals surface area contributed by atoms with E-state index in [1.165, 1.54) is 0 Å². The second-order valence-electron chi connectivity index (χ2n) is 5.02. The van der Waals surface area contributed by atoms with Gasteiger partial charge >= 0.3 is 0 Å². The van der Waals surface area contributed by atoms with Gasteiger partial charge in [0.05, 0.1) is 5.69 Å². The number of hydrogen-bond donors (Lipinski definition) is 1. The molecule has 0 saturated carbocycles. The molecule has 2 aromatic rings. The maximum Gasteiger partial charge on any atom is 0.223 e.